The first kappa shape index (κ1) is 19.1. The second-order valence-electron chi connectivity index (χ2n) is 6.94. The highest BCUT2D eigenvalue weighted by Crippen LogP contribution is 2.21. The molecule has 0 spiro atoms. The number of nitrogens with one attached hydrogen (secondary N) is 1. The summed E-state index contributed by atoms with van der Waals surface area (Å²) in [5, 5.41) is 11.1. The largest absolute Gasteiger partial charge is 0.359 e. The zero-order valence-electron chi connectivity index (χ0n) is 16.0. The normalized spacial score (nSPS) is 17.1. The van der Waals surface area contributed by atoms with Crippen molar-refractivity contribution < 1.29 is 14.1 Å². The van der Waals surface area contributed by atoms with E-state index in [0.29, 0.717) is 37.5 Å². The first-order valence-electron chi connectivity index (χ1n) is 9.63. The number of aryl methyl sites for hydroxylation is 2. The summed E-state index contributed by atoms with van der Waals surface area (Å²) in [6.07, 6.45) is 4.88. The fraction of sp³-hybridized carbons (Fsp3) is 0.579. The van der Waals surface area contributed by atoms with Gasteiger partial charge in [-0.05, 0) is 38.2 Å². The van der Waals surface area contributed by atoms with E-state index < -0.39 is 0 Å². The van der Waals surface area contributed by atoms with Crippen LogP contribution in [0.4, 0.5) is 0 Å². The van der Waals surface area contributed by atoms with E-state index in [1.54, 1.807) is 10.7 Å². The Morgan fingerprint density at radius 2 is 2.22 bits per heavy atom. The Morgan fingerprint density at radius 3 is 2.93 bits per heavy atom. The maximum absolute atomic E-state index is 12.6. The average Bonchev–Trinajstić information content (AvgIpc) is 3.35. The second-order valence-corrected chi connectivity index (χ2v) is 6.94. The first-order valence-corrected chi connectivity index (χ1v) is 9.63. The Kier molecular flexibility index (Phi) is 6.26. The number of likely N-dealkylation sites (tertiary alicyclic amines) is 1. The molecule has 3 rings (SSSR count). The van der Waals surface area contributed by atoms with Gasteiger partial charge in [0.15, 0.2) is 5.76 Å². The van der Waals surface area contributed by atoms with Gasteiger partial charge >= 0.3 is 0 Å². The molecule has 2 amide bonds. The molecule has 1 fully saturated rings. The highest BCUT2D eigenvalue weighted by molar-refractivity contribution is 5.92. The molecule has 2 aromatic rings. The fourth-order valence-corrected chi connectivity index (χ4v) is 3.36. The Bertz CT molecular complexity index is 782. The lowest BCUT2D eigenvalue weighted by atomic mass is 9.94. The van der Waals surface area contributed by atoms with Gasteiger partial charge in [-0.25, -0.2) is 0 Å². The molecule has 3 heterocycles. The molecule has 8 nitrogen and oxygen atoms in total. The predicted octanol–water partition coefficient (Wildman–Crippen LogP) is 2.01. The predicted molar refractivity (Wildman–Crippen MR) is 98.9 cm³/mol. The molecule has 0 saturated carbocycles. The molecule has 1 aliphatic rings. The van der Waals surface area contributed by atoms with Gasteiger partial charge in [-0.2, -0.15) is 5.10 Å². The highest BCUT2D eigenvalue weighted by Gasteiger charge is 2.27. The number of aromatic nitrogens is 3. The molecule has 1 N–H and O–H groups in total. The van der Waals surface area contributed by atoms with Gasteiger partial charge in [0, 0.05) is 38.3 Å². The van der Waals surface area contributed by atoms with Crippen LogP contribution in [-0.2, 0) is 24.3 Å². The minimum Gasteiger partial charge on any atom is -0.359 e. The van der Waals surface area contributed by atoms with E-state index in [1.807, 2.05) is 31.0 Å². The van der Waals surface area contributed by atoms with E-state index in [9.17, 15) is 9.59 Å². The summed E-state index contributed by atoms with van der Waals surface area (Å²) >= 11 is 0. The summed E-state index contributed by atoms with van der Waals surface area (Å²) < 4.78 is 6.92. The Hall–Kier alpha value is -2.64. The minimum absolute atomic E-state index is 0.0287. The van der Waals surface area contributed by atoms with Crippen LogP contribution >= 0.6 is 0 Å². The third-order valence-electron chi connectivity index (χ3n) is 4.89. The summed E-state index contributed by atoms with van der Waals surface area (Å²) in [6.45, 7) is 6.37. The Morgan fingerprint density at radius 1 is 1.37 bits per heavy atom. The molecule has 0 aliphatic carbocycles. The molecule has 27 heavy (non-hydrogen) atoms. The number of amides is 2. The molecule has 0 bridgehead atoms. The van der Waals surface area contributed by atoms with Crippen LogP contribution in [0.3, 0.4) is 0 Å². The topological polar surface area (TPSA) is 93.3 Å². The van der Waals surface area contributed by atoms with Gasteiger partial charge in [0.2, 0.25) is 5.91 Å². The van der Waals surface area contributed by atoms with Gasteiger partial charge in [-0.1, -0.05) is 12.1 Å². The Balaban J connectivity index is 1.48. The van der Waals surface area contributed by atoms with Crippen LogP contribution in [0.1, 0.15) is 55.1 Å². The van der Waals surface area contributed by atoms with E-state index in [1.165, 1.54) is 0 Å². The van der Waals surface area contributed by atoms with Crippen molar-refractivity contribution in [2.75, 3.05) is 13.1 Å². The molecule has 1 unspecified atom stereocenters. The molecule has 8 heteroatoms. The number of hydrogen-bond donors (Lipinski definition) is 1. The number of carbonyl (C=O) groups excluding carboxylic acids is 2. The standard InChI is InChI=1S/C19H27N5O3/c1-3-15-11-16(27-22-15)12-20-18(25)10-14-6-5-8-23(13-14)19(26)17-7-9-24(4-2)21-17/h7,9,11,14H,3-6,8,10,12-13H2,1-2H3,(H,20,25). The van der Waals surface area contributed by atoms with E-state index in [2.05, 4.69) is 15.6 Å². The molecule has 1 aliphatic heterocycles. The van der Waals surface area contributed by atoms with E-state index in [4.69, 9.17) is 4.52 Å². The third kappa shape index (κ3) is 4.96. The number of nitrogens with zero attached hydrogens (tertiary/aromatic N) is 4. The van der Waals surface area contributed by atoms with Gasteiger partial charge < -0.3 is 14.7 Å². The van der Waals surface area contributed by atoms with Crippen LogP contribution in [0.2, 0.25) is 0 Å². The lowest BCUT2D eigenvalue weighted by molar-refractivity contribution is -0.122. The van der Waals surface area contributed by atoms with Crippen LogP contribution in [0.25, 0.3) is 0 Å². The SMILES string of the molecule is CCc1cc(CNC(=O)CC2CCCN(C(=O)c3ccn(CC)n3)C2)on1. The summed E-state index contributed by atoms with van der Waals surface area (Å²) in [4.78, 5) is 26.7. The molecule has 0 aromatic carbocycles. The van der Waals surface area contributed by atoms with Crippen LogP contribution in [0, 0.1) is 5.92 Å². The maximum atomic E-state index is 12.6. The minimum atomic E-state index is -0.0546. The molecule has 1 atom stereocenters. The maximum Gasteiger partial charge on any atom is 0.274 e. The number of piperidine rings is 1. The van der Waals surface area contributed by atoms with E-state index >= 15 is 0 Å². The molecule has 1 saturated heterocycles. The third-order valence-corrected chi connectivity index (χ3v) is 4.89. The zero-order chi connectivity index (χ0) is 19.2. The fourth-order valence-electron chi connectivity index (χ4n) is 3.36. The lowest BCUT2D eigenvalue weighted by Gasteiger charge is -2.32. The summed E-state index contributed by atoms with van der Waals surface area (Å²) in [7, 11) is 0. The molecular formula is C19H27N5O3. The van der Waals surface area contributed by atoms with Gasteiger partial charge in [0.1, 0.15) is 5.69 Å². The van der Waals surface area contributed by atoms with Crippen LogP contribution < -0.4 is 5.32 Å². The van der Waals surface area contributed by atoms with Gasteiger partial charge in [0.25, 0.3) is 5.91 Å². The molecule has 0 radical (unpaired) electrons. The summed E-state index contributed by atoms with van der Waals surface area (Å²) in [5.74, 6) is 0.740. The second kappa shape index (κ2) is 8.83. The van der Waals surface area contributed by atoms with Crippen molar-refractivity contribution in [3.8, 4) is 0 Å². The van der Waals surface area contributed by atoms with Crippen molar-refractivity contribution in [1.82, 2.24) is 25.2 Å². The molecule has 2 aromatic heterocycles. The van der Waals surface area contributed by atoms with Gasteiger partial charge in [-0.3, -0.25) is 14.3 Å². The number of rotatable bonds is 7. The smallest absolute Gasteiger partial charge is 0.274 e. The molecular weight excluding hydrogens is 346 g/mol. The van der Waals surface area contributed by atoms with Crippen molar-refractivity contribution in [1.29, 1.82) is 0 Å². The molecule has 146 valence electrons. The van der Waals surface area contributed by atoms with Crippen LogP contribution in [-0.4, -0.2) is 44.7 Å². The van der Waals surface area contributed by atoms with Crippen LogP contribution in [0.5, 0.6) is 0 Å². The lowest BCUT2D eigenvalue weighted by Crippen LogP contribution is -2.41. The summed E-state index contributed by atoms with van der Waals surface area (Å²) in [6, 6.07) is 3.61. The van der Waals surface area contributed by atoms with Crippen LogP contribution in [0.15, 0.2) is 22.9 Å². The number of carbonyl (C=O) groups is 2. The van der Waals surface area contributed by atoms with Crippen molar-refractivity contribution in [3.05, 3.63) is 35.5 Å². The van der Waals surface area contributed by atoms with Crippen molar-refractivity contribution in [2.45, 2.75) is 52.6 Å². The summed E-state index contributed by atoms with van der Waals surface area (Å²) in [5.41, 5.74) is 1.35. The quantitative estimate of drug-likeness (QED) is 0.801. The van der Waals surface area contributed by atoms with Gasteiger partial charge in [0.05, 0.1) is 12.2 Å². The highest BCUT2D eigenvalue weighted by atomic mass is 16.5. The zero-order valence-corrected chi connectivity index (χ0v) is 16.0. The van der Waals surface area contributed by atoms with E-state index in [-0.39, 0.29) is 17.7 Å². The van der Waals surface area contributed by atoms with Crippen molar-refractivity contribution in [3.63, 3.8) is 0 Å². The van der Waals surface area contributed by atoms with Crippen molar-refractivity contribution in [2.24, 2.45) is 5.92 Å². The first-order chi connectivity index (χ1) is 13.1. The van der Waals surface area contributed by atoms with Crippen molar-refractivity contribution >= 4 is 11.8 Å². The number of hydrogen-bond acceptors (Lipinski definition) is 5. The monoisotopic (exact) mass is 373 g/mol. The Labute approximate surface area is 158 Å². The average molecular weight is 373 g/mol. The van der Waals surface area contributed by atoms with E-state index in [0.717, 1.165) is 31.5 Å². The van der Waals surface area contributed by atoms with Gasteiger partial charge in [-0.15, -0.1) is 0 Å².